The summed E-state index contributed by atoms with van der Waals surface area (Å²) in [4.78, 5) is 11.3. The predicted molar refractivity (Wildman–Crippen MR) is 63.5 cm³/mol. The van der Waals surface area contributed by atoms with Crippen LogP contribution in [0.2, 0.25) is 0 Å². The van der Waals surface area contributed by atoms with Crippen LogP contribution in [0.5, 0.6) is 0 Å². The molecule has 0 aromatic carbocycles. The van der Waals surface area contributed by atoms with E-state index in [2.05, 4.69) is 4.74 Å². The first-order valence-corrected chi connectivity index (χ1v) is 7.20. The third kappa shape index (κ3) is 2.97. The lowest BCUT2D eigenvalue weighted by molar-refractivity contribution is -0.144. The molecule has 0 aromatic rings. The minimum Gasteiger partial charge on any atom is -0.469 e. The molecule has 1 unspecified atom stereocenters. The van der Waals surface area contributed by atoms with E-state index in [0.717, 1.165) is 0 Å². The molecule has 1 aliphatic rings. The lowest BCUT2D eigenvalue weighted by Crippen LogP contribution is -2.42. The van der Waals surface area contributed by atoms with Crippen molar-refractivity contribution >= 4 is 16.2 Å². The van der Waals surface area contributed by atoms with Crippen LogP contribution in [0.25, 0.3) is 0 Å². The van der Waals surface area contributed by atoms with Gasteiger partial charge in [0.15, 0.2) is 0 Å². The molecular weight excluding hydrogens is 244 g/mol. The number of hydrogen-bond donors (Lipinski definition) is 0. The molecule has 1 heterocycles. The highest BCUT2D eigenvalue weighted by Crippen LogP contribution is 2.22. The van der Waals surface area contributed by atoms with Gasteiger partial charge in [0, 0.05) is 26.2 Å². The topological polar surface area (TPSA) is 66.9 Å². The molecule has 1 fully saturated rings. The summed E-state index contributed by atoms with van der Waals surface area (Å²) in [7, 11) is -2.09. The Morgan fingerprint density at radius 1 is 1.41 bits per heavy atom. The molecule has 0 spiro atoms. The molecule has 0 aliphatic carbocycles. The fraction of sp³-hybridized carbons (Fsp3) is 0.900. The molecule has 7 heteroatoms. The van der Waals surface area contributed by atoms with Gasteiger partial charge < -0.3 is 4.74 Å². The Morgan fingerprint density at radius 2 is 2.00 bits per heavy atom. The number of carbonyl (C=O) groups is 1. The molecule has 0 aromatic heterocycles. The average Bonchev–Trinajstić information content (AvgIpc) is 2.79. The maximum absolute atomic E-state index is 12.2. The Hall–Kier alpha value is -0.660. The van der Waals surface area contributed by atoms with E-state index in [4.69, 9.17) is 0 Å². The summed E-state index contributed by atoms with van der Waals surface area (Å²) < 4.78 is 31.7. The van der Waals surface area contributed by atoms with Crippen LogP contribution in [-0.2, 0) is 19.7 Å². The van der Waals surface area contributed by atoms with Crippen LogP contribution in [-0.4, -0.2) is 56.3 Å². The molecule has 1 saturated heterocycles. The number of nitrogens with zero attached hydrogens (tertiary/aromatic N) is 2. The Kier molecular flexibility index (Phi) is 4.91. The molecule has 0 N–H and O–H groups in total. The van der Waals surface area contributed by atoms with Gasteiger partial charge in [-0.15, -0.1) is 0 Å². The van der Waals surface area contributed by atoms with Gasteiger partial charge in [-0.3, -0.25) is 4.79 Å². The van der Waals surface area contributed by atoms with Crippen LogP contribution in [0.4, 0.5) is 0 Å². The van der Waals surface area contributed by atoms with E-state index in [-0.39, 0.29) is 18.4 Å². The third-order valence-electron chi connectivity index (χ3n) is 3.04. The van der Waals surface area contributed by atoms with Gasteiger partial charge in [0.25, 0.3) is 10.2 Å². The van der Waals surface area contributed by atoms with Gasteiger partial charge in [-0.1, -0.05) is 13.8 Å². The van der Waals surface area contributed by atoms with Crippen molar-refractivity contribution in [3.8, 4) is 0 Å². The van der Waals surface area contributed by atoms with Crippen molar-refractivity contribution in [2.45, 2.75) is 20.3 Å². The molecule has 0 saturated carbocycles. The summed E-state index contributed by atoms with van der Waals surface area (Å²) in [5.74, 6) is -0.660. The zero-order valence-corrected chi connectivity index (χ0v) is 11.4. The number of methoxy groups -OCH3 is 1. The number of carbonyl (C=O) groups excluding carboxylic acids is 1. The summed E-state index contributed by atoms with van der Waals surface area (Å²) in [6.45, 7) is 5.10. The van der Waals surface area contributed by atoms with Gasteiger partial charge in [-0.25, -0.2) is 0 Å². The first kappa shape index (κ1) is 14.4. The second-order valence-electron chi connectivity index (χ2n) is 3.96. The van der Waals surface area contributed by atoms with Crippen LogP contribution in [0.1, 0.15) is 20.3 Å². The fourth-order valence-electron chi connectivity index (χ4n) is 2.01. The SMILES string of the molecule is CCN(CC)S(=O)(=O)N1CCC(C(=O)OC)C1. The monoisotopic (exact) mass is 264 g/mol. The van der Waals surface area contributed by atoms with Gasteiger partial charge >= 0.3 is 5.97 Å². The van der Waals surface area contributed by atoms with Crippen LogP contribution in [0.15, 0.2) is 0 Å². The Balaban J connectivity index is 2.73. The normalized spacial score (nSPS) is 22.0. The highest BCUT2D eigenvalue weighted by Gasteiger charge is 2.37. The molecule has 1 rings (SSSR count). The fourth-order valence-corrected chi connectivity index (χ4v) is 3.69. The van der Waals surface area contributed by atoms with E-state index in [1.54, 1.807) is 13.8 Å². The molecule has 0 radical (unpaired) electrons. The lowest BCUT2D eigenvalue weighted by atomic mass is 10.1. The molecule has 0 bridgehead atoms. The van der Waals surface area contributed by atoms with Gasteiger partial charge in [0.1, 0.15) is 0 Å². The van der Waals surface area contributed by atoms with Gasteiger partial charge in [-0.05, 0) is 6.42 Å². The lowest BCUT2D eigenvalue weighted by Gasteiger charge is -2.25. The molecular formula is C10H20N2O4S. The maximum Gasteiger partial charge on any atom is 0.310 e. The van der Waals surface area contributed by atoms with Crippen LogP contribution < -0.4 is 0 Å². The summed E-state index contributed by atoms with van der Waals surface area (Å²) in [6, 6.07) is 0. The highest BCUT2D eigenvalue weighted by molar-refractivity contribution is 7.86. The molecule has 6 nitrogen and oxygen atoms in total. The highest BCUT2D eigenvalue weighted by atomic mass is 32.2. The second-order valence-corrected chi connectivity index (χ2v) is 5.89. The van der Waals surface area contributed by atoms with Crippen molar-refractivity contribution in [2.24, 2.45) is 5.92 Å². The zero-order chi connectivity index (χ0) is 13.1. The number of ether oxygens (including phenoxy) is 1. The maximum atomic E-state index is 12.2. The molecule has 1 aliphatic heterocycles. The van der Waals surface area contributed by atoms with E-state index < -0.39 is 10.2 Å². The third-order valence-corrected chi connectivity index (χ3v) is 5.20. The zero-order valence-electron chi connectivity index (χ0n) is 10.5. The number of hydrogen-bond acceptors (Lipinski definition) is 4. The number of esters is 1. The van der Waals surface area contributed by atoms with Gasteiger partial charge in [0.05, 0.1) is 13.0 Å². The van der Waals surface area contributed by atoms with Gasteiger partial charge in [-0.2, -0.15) is 17.0 Å². The Morgan fingerprint density at radius 3 is 2.47 bits per heavy atom. The van der Waals surface area contributed by atoms with Crippen LogP contribution >= 0.6 is 0 Å². The summed E-state index contributed by atoms with van der Waals surface area (Å²) in [5, 5.41) is 0. The van der Waals surface area contributed by atoms with E-state index in [0.29, 0.717) is 26.1 Å². The summed E-state index contributed by atoms with van der Waals surface area (Å²) >= 11 is 0. The minimum atomic E-state index is -3.42. The predicted octanol–water partition coefficient (Wildman–Crippen LogP) is 0.0679. The first-order chi connectivity index (χ1) is 7.97. The van der Waals surface area contributed by atoms with Crippen molar-refractivity contribution in [2.75, 3.05) is 33.3 Å². The standard InChI is InChI=1S/C10H20N2O4S/c1-4-11(5-2)17(14,15)12-7-6-9(8-12)10(13)16-3/h9H,4-8H2,1-3H3. The van der Waals surface area contributed by atoms with Crippen molar-refractivity contribution in [3.05, 3.63) is 0 Å². The molecule has 0 amide bonds. The Labute approximate surface area is 103 Å². The van der Waals surface area contributed by atoms with Gasteiger partial charge in [0.2, 0.25) is 0 Å². The van der Waals surface area contributed by atoms with E-state index >= 15 is 0 Å². The molecule has 1 atom stereocenters. The summed E-state index contributed by atoms with van der Waals surface area (Å²) in [6.07, 6.45) is 0.535. The van der Waals surface area contributed by atoms with E-state index in [9.17, 15) is 13.2 Å². The summed E-state index contributed by atoms with van der Waals surface area (Å²) in [5.41, 5.74) is 0. The van der Waals surface area contributed by atoms with Crippen LogP contribution in [0.3, 0.4) is 0 Å². The van der Waals surface area contributed by atoms with E-state index in [1.165, 1.54) is 15.7 Å². The largest absolute Gasteiger partial charge is 0.469 e. The van der Waals surface area contributed by atoms with Crippen LogP contribution in [0, 0.1) is 5.92 Å². The van der Waals surface area contributed by atoms with Crippen molar-refractivity contribution in [1.82, 2.24) is 8.61 Å². The van der Waals surface area contributed by atoms with Crippen molar-refractivity contribution < 1.29 is 17.9 Å². The average molecular weight is 264 g/mol. The smallest absolute Gasteiger partial charge is 0.310 e. The minimum absolute atomic E-state index is 0.228. The van der Waals surface area contributed by atoms with E-state index in [1.807, 2.05) is 0 Å². The van der Waals surface area contributed by atoms with Crippen molar-refractivity contribution in [1.29, 1.82) is 0 Å². The number of rotatable bonds is 5. The second kappa shape index (κ2) is 5.79. The Bertz CT molecular complexity index is 365. The molecule has 100 valence electrons. The quantitative estimate of drug-likeness (QED) is 0.659. The van der Waals surface area contributed by atoms with Crippen molar-refractivity contribution in [3.63, 3.8) is 0 Å². The molecule has 17 heavy (non-hydrogen) atoms. The first-order valence-electron chi connectivity index (χ1n) is 5.80.